The van der Waals surface area contributed by atoms with Crippen LogP contribution in [0.15, 0.2) is 0 Å². The molecule has 0 aromatic rings. The lowest BCUT2D eigenvalue weighted by Gasteiger charge is -2.25. The Morgan fingerprint density at radius 3 is 1.53 bits per heavy atom. The summed E-state index contributed by atoms with van der Waals surface area (Å²) in [7, 11) is 0. The van der Waals surface area contributed by atoms with Gasteiger partial charge in [-0.2, -0.15) is 0 Å². The van der Waals surface area contributed by atoms with E-state index in [1.807, 2.05) is 0 Å². The summed E-state index contributed by atoms with van der Waals surface area (Å²) in [5.41, 5.74) is 10.8. The highest BCUT2D eigenvalue weighted by Gasteiger charge is 2.37. The van der Waals surface area contributed by atoms with E-state index in [2.05, 4.69) is 10.6 Å². The topological polar surface area (TPSA) is 300 Å². The molecule has 0 aromatic carbocycles. The van der Waals surface area contributed by atoms with Gasteiger partial charge in [0.1, 0.15) is 24.1 Å². The fraction of sp³-hybridized carbons (Fsp3) is 0.700. The number of carbonyl (C=O) groups excluding carboxylic acids is 4. The second kappa shape index (κ2) is 16.6. The van der Waals surface area contributed by atoms with Crippen LogP contribution in [0.1, 0.15) is 38.5 Å². The molecule has 0 radical (unpaired) electrons. The normalized spacial score (nSPS) is 16.1. The first-order chi connectivity index (χ1) is 16.7. The highest BCUT2D eigenvalue weighted by molar-refractivity contribution is 5.88. The molecule has 12 N–H and O–H groups in total. The number of nitrogens with one attached hydrogen (secondary N) is 2. The van der Waals surface area contributed by atoms with Crippen LogP contribution >= 0.6 is 0 Å². The van der Waals surface area contributed by atoms with E-state index in [9.17, 15) is 49.2 Å². The quantitative estimate of drug-likeness (QED) is 0.0710. The van der Waals surface area contributed by atoms with E-state index in [1.54, 1.807) is 0 Å². The summed E-state index contributed by atoms with van der Waals surface area (Å²) in [5, 5.41) is 61.3. The van der Waals surface area contributed by atoms with Gasteiger partial charge >= 0.3 is 11.9 Å². The van der Waals surface area contributed by atoms with Gasteiger partial charge in [0.05, 0.1) is 24.9 Å². The van der Waals surface area contributed by atoms with Gasteiger partial charge in [0.25, 0.3) is 5.91 Å². The predicted octanol–water partition coefficient (Wildman–Crippen LogP) is -5.03. The molecular formula is C20H34N4O12. The molecule has 0 heterocycles. The van der Waals surface area contributed by atoms with E-state index in [-0.39, 0.29) is 38.8 Å². The molecule has 0 bridgehead atoms. The first kappa shape index (κ1) is 33.0. The summed E-state index contributed by atoms with van der Waals surface area (Å²) in [5.74, 6) is -5.95. The van der Waals surface area contributed by atoms with Gasteiger partial charge in [-0.05, 0) is 12.8 Å². The molecule has 0 aromatic heterocycles. The van der Waals surface area contributed by atoms with Crippen LogP contribution in [0, 0.1) is 0 Å². The number of carboxylic acids is 2. The summed E-state index contributed by atoms with van der Waals surface area (Å²) >= 11 is 0. The second-order valence-electron chi connectivity index (χ2n) is 8.00. The Morgan fingerprint density at radius 2 is 1.03 bits per heavy atom. The number of hydrogen-bond donors (Lipinski definition) is 10. The number of aliphatic carboxylic acids is 2. The van der Waals surface area contributed by atoms with Crippen molar-refractivity contribution in [3.63, 3.8) is 0 Å². The van der Waals surface area contributed by atoms with Gasteiger partial charge in [0.15, 0.2) is 11.9 Å². The van der Waals surface area contributed by atoms with E-state index < -0.39 is 84.7 Å². The molecule has 36 heavy (non-hydrogen) atoms. The van der Waals surface area contributed by atoms with E-state index in [4.69, 9.17) is 21.7 Å². The van der Waals surface area contributed by atoms with Crippen molar-refractivity contribution >= 4 is 35.3 Å². The third kappa shape index (κ3) is 12.6. The number of nitrogens with two attached hydrogens (primary N) is 2. The van der Waals surface area contributed by atoms with Crippen LogP contribution in [0.3, 0.4) is 0 Å². The van der Waals surface area contributed by atoms with Crippen molar-refractivity contribution in [2.24, 2.45) is 11.5 Å². The molecule has 0 aliphatic carbocycles. The van der Waals surface area contributed by atoms with E-state index in [0.29, 0.717) is 0 Å². The lowest BCUT2D eigenvalue weighted by atomic mass is 9.97. The number of hydrogen-bond acceptors (Lipinski definition) is 12. The number of carboxylic acid groups (broad SMARTS) is 2. The van der Waals surface area contributed by atoms with Crippen molar-refractivity contribution in [1.29, 1.82) is 0 Å². The summed E-state index contributed by atoms with van der Waals surface area (Å²) in [6, 6.07) is -2.49. The fourth-order valence-corrected chi connectivity index (χ4v) is 2.82. The Balaban J connectivity index is 4.42. The molecular weight excluding hydrogens is 488 g/mol. The zero-order chi connectivity index (χ0) is 28.0. The lowest BCUT2D eigenvalue weighted by Crippen LogP contribution is -2.52. The number of rotatable bonds is 19. The Labute approximate surface area is 205 Å². The van der Waals surface area contributed by atoms with Gasteiger partial charge in [-0.3, -0.25) is 28.8 Å². The van der Waals surface area contributed by atoms with Crippen molar-refractivity contribution in [2.75, 3.05) is 13.1 Å². The zero-order valence-corrected chi connectivity index (χ0v) is 19.4. The number of aliphatic hydroxyl groups is 4. The molecule has 0 aliphatic rings. The molecule has 6 atom stereocenters. The van der Waals surface area contributed by atoms with Crippen LogP contribution in [0.4, 0.5) is 0 Å². The van der Waals surface area contributed by atoms with Crippen molar-refractivity contribution in [3.8, 4) is 0 Å². The van der Waals surface area contributed by atoms with Crippen LogP contribution < -0.4 is 22.1 Å². The number of carbonyl (C=O) groups is 6. The van der Waals surface area contributed by atoms with Gasteiger partial charge in [-0.15, -0.1) is 0 Å². The van der Waals surface area contributed by atoms with Crippen LogP contribution in [0.2, 0.25) is 0 Å². The molecule has 0 saturated carbocycles. The molecule has 2 unspecified atom stereocenters. The fourth-order valence-electron chi connectivity index (χ4n) is 2.82. The Bertz CT molecular complexity index is 729. The smallest absolute Gasteiger partial charge is 0.305 e. The maximum absolute atomic E-state index is 12.0. The lowest BCUT2D eigenvalue weighted by molar-refractivity contribution is -0.154. The molecule has 206 valence electrons. The van der Waals surface area contributed by atoms with Crippen molar-refractivity contribution in [3.05, 3.63) is 0 Å². The average molecular weight is 523 g/mol. The minimum Gasteiger partial charge on any atom is -0.481 e. The first-order valence-electron chi connectivity index (χ1n) is 11.0. The minimum atomic E-state index is -2.25. The summed E-state index contributed by atoms with van der Waals surface area (Å²) in [6.45, 7) is -0.258. The molecule has 16 nitrogen and oxygen atoms in total. The highest BCUT2D eigenvalue weighted by atomic mass is 16.4. The standard InChI is InChI=1S/C20H34N4O12/c21-9(7-13(27)28)11(25)3-1-6-24-20(36)18(34)17(33)16(32)15(31)12(26)4-2-5-23-19(35)10(22)8-14(29)30/h9-10,15-18,31-34H,1-8,21-22H2,(H,23,35)(H,24,36)(H,27,28)(H,29,30)/t9?,10?,15-,16+,17+,18-/m1/s1. The third-order valence-electron chi connectivity index (χ3n) is 4.93. The SMILES string of the molecule is NC(CC(=O)O)C(=O)CCCNC(=O)[C@H](O)[C@@H](O)[C@@H](O)[C@H](O)C(=O)CCCNC(=O)C(N)CC(=O)O. The Morgan fingerprint density at radius 1 is 0.611 bits per heavy atom. The zero-order valence-electron chi connectivity index (χ0n) is 19.4. The van der Waals surface area contributed by atoms with Crippen LogP contribution in [0.25, 0.3) is 0 Å². The first-order valence-corrected chi connectivity index (χ1v) is 11.0. The van der Waals surface area contributed by atoms with Crippen LogP contribution in [0.5, 0.6) is 0 Å². The van der Waals surface area contributed by atoms with E-state index in [1.165, 1.54) is 0 Å². The molecule has 0 aliphatic heterocycles. The number of amides is 2. The Hall–Kier alpha value is -3.02. The number of aliphatic hydroxyl groups excluding tert-OH is 4. The average Bonchev–Trinajstić information content (AvgIpc) is 2.80. The van der Waals surface area contributed by atoms with Gasteiger partial charge in [0.2, 0.25) is 5.91 Å². The molecule has 0 saturated heterocycles. The molecule has 0 fully saturated rings. The highest BCUT2D eigenvalue weighted by Crippen LogP contribution is 2.09. The predicted molar refractivity (Wildman–Crippen MR) is 119 cm³/mol. The van der Waals surface area contributed by atoms with E-state index in [0.717, 1.165) is 0 Å². The van der Waals surface area contributed by atoms with Crippen molar-refractivity contribution < 1.29 is 59.4 Å². The summed E-state index contributed by atoms with van der Waals surface area (Å²) in [6.07, 6.45) is -10.5. The van der Waals surface area contributed by atoms with Gasteiger partial charge in [0, 0.05) is 25.9 Å². The van der Waals surface area contributed by atoms with Crippen LogP contribution in [-0.2, 0) is 28.8 Å². The summed E-state index contributed by atoms with van der Waals surface area (Å²) in [4.78, 5) is 68.2. The van der Waals surface area contributed by atoms with E-state index >= 15 is 0 Å². The maximum atomic E-state index is 12.0. The third-order valence-corrected chi connectivity index (χ3v) is 4.93. The summed E-state index contributed by atoms with van der Waals surface area (Å²) < 4.78 is 0. The monoisotopic (exact) mass is 522 g/mol. The number of Topliss-reactive ketones (excluding diaryl/α,β-unsaturated/α-hetero) is 2. The van der Waals surface area contributed by atoms with Crippen molar-refractivity contribution in [1.82, 2.24) is 10.6 Å². The second-order valence-corrected chi connectivity index (χ2v) is 8.00. The minimum absolute atomic E-state index is 0.0257. The van der Waals surface area contributed by atoms with Crippen molar-refractivity contribution in [2.45, 2.75) is 75.0 Å². The maximum Gasteiger partial charge on any atom is 0.305 e. The van der Waals surface area contributed by atoms with Crippen LogP contribution in [-0.4, -0.2) is 116 Å². The van der Waals surface area contributed by atoms with Gasteiger partial charge in [-0.1, -0.05) is 0 Å². The largest absolute Gasteiger partial charge is 0.481 e. The van der Waals surface area contributed by atoms with Gasteiger partial charge < -0.3 is 52.7 Å². The molecule has 16 heteroatoms. The van der Waals surface area contributed by atoms with Gasteiger partial charge in [-0.25, -0.2) is 0 Å². The molecule has 0 spiro atoms. The molecule has 2 amide bonds. The molecule has 0 rings (SSSR count). The number of ketones is 2. The Kier molecular flexibility index (Phi) is 15.2.